The highest BCUT2D eigenvalue weighted by atomic mass is 19.4. The first-order valence-corrected chi connectivity index (χ1v) is 15.5. The Morgan fingerprint density at radius 1 is 0.667 bits per heavy atom. The third-order valence-electron chi connectivity index (χ3n) is 9.88. The molecule has 0 spiro atoms. The topological polar surface area (TPSA) is 30.0 Å². The molecule has 3 unspecified atom stereocenters. The summed E-state index contributed by atoms with van der Waals surface area (Å²) >= 11 is 0. The lowest BCUT2D eigenvalue weighted by Crippen LogP contribution is -2.58. The van der Waals surface area contributed by atoms with Crippen LogP contribution in [0.4, 0.5) is 35.1 Å². The zero-order valence-corrected chi connectivity index (χ0v) is 24.7. The summed E-state index contributed by atoms with van der Waals surface area (Å²) in [6.45, 7) is 5.71. The van der Waals surface area contributed by atoms with E-state index in [1.54, 1.807) is 0 Å². The Bertz CT molecular complexity index is 1350. The summed E-state index contributed by atoms with van der Waals surface area (Å²) in [7, 11) is 0. The molecule has 1 amide bonds. The fraction of sp³-hybridized carbons (Fsp3) is 0.594. The maximum Gasteiger partial charge on any atom is 0.416 e. The number of piperazine rings is 1. The Balaban J connectivity index is 1.19. The lowest BCUT2D eigenvalue weighted by molar-refractivity contribution is -0.143. The van der Waals surface area contributed by atoms with Gasteiger partial charge >= 0.3 is 12.4 Å². The number of piperidine rings is 1. The van der Waals surface area contributed by atoms with Gasteiger partial charge in [-0.3, -0.25) is 19.5 Å². The number of benzene rings is 2. The minimum Gasteiger partial charge on any atom is -0.335 e. The van der Waals surface area contributed by atoms with Crippen molar-refractivity contribution in [1.29, 1.82) is 0 Å². The van der Waals surface area contributed by atoms with Gasteiger partial charge in [0.25, 0.3) is 5.91 Å². The zero-order valence-electron chi connectivity index (χ0n) is 24.7. The van der Waals surface area contributed by atoms with E-state index in [9.17, 15) is 39.9 Å². The van der Waals surface area contributed by atoms with E-state index < -0.39 is 52.6 Å². The molecule has 3 heterocycles. The fourth-order valence-corrected chi connectivity index (χ4v) is 7.31. The highest BCUT2D eigenvalue weighted by Crippen LogP contribution is 2.38. The minimum atomic E-state index is -5.09. The zero-order chi connectivity index (χ0) is 32.1. The van der Waals surface area contributed by atoms with Crippen LogP contribution in [0.2, 0.25) is 0 Å². The Morgan fingerprint density at radius 3 is 1.84 bits per heavy atom. The monoisotopic (exact) mass is 644 g/mol. The Morgan fingerprint density at radius 2 is 1.27 bits per heavy atom. The van der Waals surface area contributed by atoms with Gasteiger partial charge in [-0.1, -0.05) is 6.07 Å². The molecule has 0 aromatic heterocycles. The second-order valence-corrected chi connectivity index (χ2v) is 12.8. The highest BCUT2D eigenvalue weighted by Gasteiger charge is 2.41. The Hall–Kier alpha value is -2.77. The lowest BCUT2D eigenvalue weighted by Gasteiger charge is -2.47. The molecule has 0 bridgehead atoms. The number of carbonyl (C=O) groups excluding carboxylic acids is 1. The minimum absolute atomic E-state index is 0.00350. The van der Waals surface area contributed by atoms with Gasteiger partial charge in [0.15, 0.2) is 11.6 Å². The van der Waals surface area contributed by atoms with Gasteiger partial charge in [0.2, 0.25) is 0 Å². The van der Waals surface area contributed by atoms with Crippen LogP contribution in [0, 0.1) is 11.6 Å². The van der Waals surface area contributed by atoms with Crippen LogP contribution < -0.4 is 0 Å². The second kappa shape index (κ2) is 12.4. The van der Waals surface area contributed by atoms with Crippen LogP contribution >= 0.6 is 0 Å². The predicted octanol–water partition coefficient (Wildman–Crippen LogP) is 6.07. The summed E-state index contributed by atoms with van der Waals surface area (Å²) < 4.78 is 109. The molecule has 0 N–H and O–H groups in total. The van der Waals surface area contributed by atoms with Crippen LogP contribution in [0.5, 0.6) is 0 Å². The van der Waals surface area contributed by atoms with Gasteiger partial charge in [-0.05, 0) is 74.4 Å². The van der Waals surface area contributed by atoms with Crippen molar-refractivity contribution in [2.24, 2.45) is 0 Å². The summed E-state index contributed by atoms with van der Waals surface area (Å²) in [5, 5.41) is 0. The quantitative estimate of drug-likeness (QED) is 0.357. The Kier molecular flexibility index (Phi) is 8.90. The summed E-state index contributed by atoms with van der Waals surface area (Å²) in [6, 6.07) is 4.89. The van der Waals surface area contributed by atoms with Crippen molar-refractivity contribution >= 4 is 5.91 Å². The first-order valence-electron chi connectivity index (χ1n) is 15.5. The fourth-order valence-electron chi connectivity index (χ4n) is 7.31. The van der Waals surface area contributed by atoms with Crippen LogP contribution in [0.15, 0.2) is 36.4 Å². The molecule has 45 heavy (non-hydrogen) atoms. The van der Waals surface area contributed by atoms with Crippen LogP contribution in [0.25, 0.3) is 0 Å². The molecule has 4 aliphatic rings. The predicted molar refractivity (Wildman–Crippen MR) is 151 cm³/mol. The van der Waals surface area contributed by atoms with E-state index in [1.807, 2.05) is 0 Å². The number of amides is 1. The van der Waals surface area contributed by atoms with E-state index >= 15 is 0 Å². The molecule has 1 aliphatic carbocycles. The number of rotatable bonds is 6. The third kappa shape index (κ3) is 7.30. The summed E-state index contributed by atoms with van der Waals surface area (Å²) in [4.78, 5) is 22.4. The van der Waals surface area contributed by atoms with Gasteiger partial charge in [-0.2, -0.15) is 26.3 Å². The first-order chi connectivity index (χ1) is 21.3. The van der Waals surface area contributed by atoms with Crippen LogP contribution in [0.1, 0.15) is 59.2 Å². The van der Waals surface area contributed by atoms with E-state index in [0.717, 1.165) is 63.9 Å². The number of hydrogen-bond acceptors (Lipinski definition) is 4. The van der Waals surface area contributed by atoms with Gasteiger partial charge in [0.1, 0.15) is 0 Å². The molecular formula is C32H36F8N4O. The van der Waals surface area contributed by atoms with E-state index in [4.69, 9.17) is 0 Å². The molecule has 0 radical (unpaired) electrons. The van der Waals surface area contributed by atoms with Crippen molar-refractivity contribution in [1.82, 2.24) is 19.6 Å². The summed E-state index contributed by atoms with van der Waals surface area (Å²) in [5.41, 5.74) is -3.46. The maximum absolute atomic E-state index is 14.1. The van der Waals surface area contributed by atoms with Crippen molar-refractivity contribution in [2.75, 3.05) is 45.8 Å². The smallest absolute Gasteiger partial charge is 0.335 e. The number of halogens is 8. The van der Waals surface area contributed by atoms with Crippen LogP contribution in [0.3, 0.4) is 0 Å². The number of alkyl halides is 6. The largest absolute Gasteiger partial charge is 0.416 e. The Labute approximate surface area is 256 Å². The van der Waals surface area contributed by atoms with Crippen LogP contribution in [-0.2, 0) is 18.8 Å². The number of carbonyl (C=O) groups is 1. The molecule has 1 saturated carbocycles. The molecule has 3 atom stereocenters. The lowest BCUT2D eigenvalue weighted by atomic mass is 9.90. The second-order valence-electron chi connectivity index (χ2n) is 12.8. The van der Waals surface area contributed by atoms with Crippen molar-refractivity contribution in [3.63, 3.8) is 0 Å². The molecule has 3 aliphatic heterocycles. The first kappa shape index (κ1) is 32.2. The van der Waals surface area contributed by atoms with Crippen molar-refractivity contribution in [3.05, 3.63) is 70.3 Å². The van der Waals surface area contributed by atoms with E-state index in [-0.39, 0.29) is 25.1 Å². The number of likely N-dealkylation sites (tertiary alicyclic amines) is 2. The number of nitrogens with zero attached hydrogens (tertiary/aromatic N) is 4. The standard InChI is InChI=1S/C32H36F8N4O/c33-28-4-1-20(14-29(28)34)13-27-18-25(41-9-11-42(12-10-41)26-5-7-43(19-26)24-2-3-24)6-8-44(27)30(45)21-15-22(31(35,36)37)17-23(16-21)32(38,39)40/h1,4,14-17,24-27H,2-3,5-13,18-19H2. The average Bonchev–Trinajstić information content (AvgIpc) is 3.73. The normalized spacial score (nSPS) is 26.0. The number of hydrogen-bond donors (Lipinski definition) is 0. The van der Waals surface area contributed by atoms with Gasteiger partial charge in [-0.25, -0.2) is 8.78 Å². The van der Waals surface area contributed by atoms with Gasteiger partial charge in [0, 0.05) is 75.5 Å². The van der Waals surface area contributed by atoms with Gasteiger partial charge < -0.3 is 4.90 Å². The van der Waals surface area contributed by atoms with Gasteiger partial charge in [0.05, 0.1) is 11.1 Å². The van der Waals surface area contributed by atoms with E-state index in [2.05, 4.69) is 14.7 Å². The molecule has 13 heteroatoms. The SMILES string of the molecule is O=C(c1cc(C(F)(F)F)cc(C(F)(F)F)c1)N1CCC(N2CCN(C3CCN(C4CC4)C3)CC2)CC1Cc1ccc(F)c(F)c1. The van der Waals surface area contributed by atoms with E-state index in [0.29, 0.717) is 36.6 Å². The van der Waals surface area contributed by atoms with Crippen molar-refractivity contribution < 1.29 is 39.9 Å². The highest BCUT2D eigenvalue weighted by molar-refractivity contribution is 5.95. The maximum atomic E-state index is 14.1. The third-order valence-corrected chi connectivity index (χ3v) is 9.88. The molecule has 2 aromatic rings. The molecule has 2 aromatic carbocycles. The van der Waals surface area contributed by atoms with Gasteiger partial charge in [-0.15, -0.1) is 0 Å². The molecule has 6 rings (SSSR count). The van der Waals surface area contributed by atoms with Crippen molar-refractivity contribution in [3.8, 4) is 0 Å². The molecule has 5 nitrogen and oxygen atoms in total. The molecular weight excluding hydrogens is 608 g/mol. The average molecular weight is 645 g/mol. The van der Waals surface area contributed by atoms with Crippen molar-refractivity contribution in [2.45, 2.75) is 75.0 Å². The molecule has 246 valence electrons. The molecule has 4 fully saturated rings. The summed E-state index contributed by atoms with van der Waals surface area (Å²) in [5.74, 6) is -3.07. The molecule has 3 saturated heterocycles. The summed E-state index contributed by atoms with van der Waals surface area (Å²) in [6.07, 6.45) is -5.51. The van der Waals surface area contributed by atoms with Crippen LogP contribution in [-0.4, -0.2) is 95.5 Å². The van der Waals surface area contributed by atoms with E-state index in [1.165, 1.54) is 23.8 Å².